The second kappa shape index (κ2) is 5.87. The van der Waals surface area contributed by atoms with Crippen LogP contribution in [0.3, 0.4) is 0 Å². The molecular weight excluding hydrogens is 278 g/mol. The van der Waals surface area contributed by atoms with Crippen LogP contribution in [0.2, 0.25) is 0 Å². The van der Waals surface area contributed by atoms with Gasteiger partial charge in [0.25, 0.3) is 0 Å². The second-order valence-electron chi connectivity index (χ2n) is 5.08. The van der Waals surface area contributed by atoms with Crippen molar-refractivity contribution in [1.29, 1.82) is 0 Å². The third-order valence-electron chi connectivity index (χ3n) is 3.55. The van der Waals surface area contributed by atoms with Crippen LogP contribution in [0.15, 0.2) is 22.7 Å². The number of rotatable bonds is 3. The Balaban J connectivity index is 2.08. The Bertz CT molecular complexity index is 380. The smallest absolute Gasteiger partial charge is 0.127 e. The van der Waals surface area contributed by atoms with E-state index >= 15 is 0 Å². The molecule has 0 radical (unpaired) electrons. The molecule has 1 N–H and O–H groups in total. The average molecular weight is 299 g/mol. The van der Waals surface area contributed by atoms with Crippen molar-refractivity contribution in [2.75, 3.05) is 20.2 Å². The maximum atomic E-state index is 5.43. The minimum atomic E-state index is 0.858. The lowest BCUT2D eigenvalue weighted by Gasteiger charge is -2.28. The van der Waals surface area contributed by atoms with Gasteiger partial charge in [0, 0.05) is 16.0 Å². The van der Waals surface area contributed by atoms with Gasteiger partial charge >= 0.3 is 0 Å². The van der Waals surface area contributed by atoms with Crippen LogP contribution in [-0.4, -0.2) is 20.2 Å². The van der Waals surface area contributed by atoms with Crippen LogP contribution in [0.5, 0.6) is 5.75 Å². The monoisotopic (exact) mass is 298 g/mol. The topological polar surface area (TPSA) is 13.7 Å². The molecule has 0 amide bonds. The summed E-state index contributed by atoms with van der Waals surface area (Å²) in [4.78, 5) is 1.68. The lowest BCUT2D eigenvalue weighted by Crippen LogP contribution is -3.12. The summed E-state index contributed by atoms with van der Waals surface area (Å²) in [6, 6.07) is 6.27. The highest BCUT2D eigenvalue weighted by molar-refractivity contribution is 9.10. The molecule has 17 heavy (non-hydrogen) atoms. The van der Waals surface area contributed by atoms with Crippen molar-refractivity contribution in [3.63, 3.8) is 0 Å². The molecule has 2 atom stereocenters. The summed E-state index contributed by atoms with van der Waals surface area (Å²) in [6.07, 6.45) is 2.74. The average Bonchev–Trinajstić information content (AvgIpc) is 2.29. The third kappa shape index (κ3) is 3.46. The Hall–Kier alpha value is -0.540. The number of piperidine rings is 1. The van der Waals surface area contributed by atoms with Crippen molar-refractivity contribution in [3.05, 3.63) is 28.2 Å². The van der Waals surface area contributed by atoms with Crippen LogP contribution in [-0.2, 0) is 6.54 Å². The maximum Gasteiger partial charge on any atom is 0.127 e. The SMILES string of the molecule is COc1ccc(Br)cc1C[NH+]1CCC[C@H](C)C1. The molecule has 0 saturated carbocycles. The summed E-state index contributed by atoms with van der Waals surface area (Å²) in [5, 5.41) is 0. The molecule has 94 valence electrons. The molecule has 0 aromatic heterocycles. The van der Waals surface area contributed by atoms with E-state index in [1.54, 1.807) is 12.0 Å². The Morgan fingerprint density at radius 2 is 2.29 bits per heavy atom. The summed E-state index contributed by atoms with van der Waals surface area (Å²) in [7, 11) is 1.75. The number of benzene rings is 1. The molecule has 1 aliphatic rings. The fraction of sp³-hybridized carbons (Fsp3) is 0.571. The van der Waals surface area contributed by atoms with E-state index in [1.165, 1.54) is 31.5 Å². The molecule has 1 saturated heterocycles. The van der Waals surface area contributed by atoms with Crippen molar-refractivity contribution in [3.8, 4) is 5.75 Å². The summed E-state index contributed by atoms with van der Waals surface area (Å²) in [5.41, 5.74) is 1.31. The van der Waals surface area contributed by atoms with E-state index in [-0.39, 0.29) is 0 Å². The lowest BCUT2D eigenvalue weighted by atomic mass is 10.00. The van der Waals surface area contributed by atoms with Crippen molar-refractivity contribution in [1.82, 2.24) is 0 Å². The molecule has 0 aliphatic carbocycles. The highest BCUT2D eigenvalue weighted by atomic mass is 79.9. The predicted molar refractivity (Wildman–Crippen MR) is 73.5 cm³/mol. The minimum Gasteiger partial charge on any atom is -0.496 e. The molecule has 1 aliphatic heterocycles. The van der Waals surface area contributed by atoms with E-state index in [0.29, 0.717) is 0 Å². The van der Waals surface area contributed by atoms with Gasteiger partial charge in [-0.2, -0.15) is 0 Å². The maximum absolute atomic E-state index is 5.43. The van der Waals surface area contributed by atoms with Crippen LogP contribution < -0.4 is 9.64 Å². The number of halogens is 1. The first-order chi connectivity index (χ1) is 8.19. The molecule has 1 aromatic carbocycles. The standard InChI is InChI=1S/C14H20BrNO/c1-11-4-3-7-16(9-11)10-12-8-13(15)5-6-14(12)17-2/h5-6,8,11H,3-4,7,9-10H2,1-2H3/p+1/t11-/m0/s1. The zero-order valence-electron chi connectivity index (χ0n) is 10.6. The molecule has 0 spiro atoms. The molecule has 1 aromatic rings. The van der Waals surface area contributed by atoms with Gasteiger partial charge in [0.05, 0.1) is 20.2 Å². The fourth-order valence-electron chi connectivity index (χ4n) is 2.71. The summed E-state index contributed by atoms with van der Waals surface area (Å²) >= 11 is 3.54. The first kappa shape index (κ1) is 12.9. The van der Waals surface area contributed by atoms with E-state index in [9.17, 15) is 0 Å². The number of ether oxygens (including phenoxy) is 1. The molecule has 1 heterocycles. The highest BCUT2D eigenvalue weighted by Gasteiger charge is 2.21. The fourth-order valence-corrected chi connectivity index (χ4v) is 3.12. The van der Waals surface area contributed by atoms with E-state index in [1.807, 2.05) is 12.1 Å². The van der Waals surface area contributed by atoms with Crippen LogP contribution >= 0.6 is 15.9 Å². The third-order valence-corrected chi connectivity index (χ3v) is 4.04. The van der Waals surface area contributed by atoms with Crippen LogP contribution in [0.1, 0.15) is 25.3 Å². The van der Waals surface area contributed by atoms with Crippen LogP contribution in [0, 0.1) is 5.92 Å². The van der Waals surface area contributed by atoms with E-state index < -0.39 is 0 Å². The zero-order valence-corrected chi connectivity index (χ0v) is 12.2. The largest absolute Gasteiger partial charge is 0.496 e. The van der Waals surface area contributed by atoms with Gasteiger partial charge in [0.15, 0.2) is 0 Å². The van der Waals surface area contributed by atoms with Gasteiger partial charge in [-0.15, -0.1) is 0 Å². The first-order valence-corrected chi connectivity index (χ1v) is 7.14. The molecule has 0 bridgehead atoms. The lowest BCUT2D eigenvalue weighted by molar-refractivity contribution is -0.922. The summed E-state index contributed by atoms with van der Waals surface area (Å²) in [6.45, 7) is 6.01. The van der Waals surface area contributed by atoms with E-state index in [0.717, 1.165) is 22.7 Å². The van der Waals surface area contributed by atoms with Crippen molar-refractivity contribution in [2.45, 2.75) is 26.3 Å². The molecular formula is C14H21BrNO+. The number of hydrogen-bond acceptors (Lipinski definition) is 1. The molecule has 3 heteroatoms. The van der Waals surface area contributed by atoms with Gasteiger partial charge in [-0.05, 0) is 31.0 Å². The Labute approximate surface area is 112 Å². The number of quaternary nitrogens is 1. The van der Waals surface area contributed by atoms with Gasteiger partial charge in [0.2, 0.25) is 0 Å². The van der Waals surface area contributed by atoms with Gasteiger partial charge in [-0.1, -0.05) is 22.9 Å². The predicted octanol–water partition coefficient (Wildman–Crippen LogP) is 2.27. The van der Waals surface area contributed by atoms with Gasteiger partial charge in [-0.3, -0.25) is 0 Å². The quantitative estimate of drug-likeness (QED) is 0.904. The number of nitrogens with one attached hydrogen (secondary N) is 1. The molecule has 2 rings (SSSR count). The number of methoxy groups -OCH3 is 1. The summed E-state index contributed by atoms with van der Waals surface area (Å²) < 4.78 is 6.57. The zero-order chi connectivity index (χ0) is 12.3. The van der Waals surface area contributed by atoms with Gasteiger partial charge in [0.1, 0.15) is 12.3 Å². The van der Waals surface area contributed by atoms with Crippen molar-refractivity contribution < 1.29 is 9.64 Å². The first-order valence-electron chi connectivity index (χ1n) is 6.35. The van der Waals surface area contributed by atoms with Gasteiger partial charge < -0.3 is 9.64 Å². The molecule has 1 unspecified atom stereocenters. The summed E-state index contributed by atoms with van der Waals surface area (Å²) in [5.74, 6) is 1.87. The van der Waals surface area contributed by atoms with Crippen LogP contribution in [0.4, 0.5) is 0 Å². The van der Waals surface area contributed by atoms with Crippen LogP contribution in [0.25, 0.3) is 0 Å². The Morgan fingerprint density at radius 3 is 3.00 bits per heavy atom. The van der Waals surface area contributed by atoms with E-state index in [4.69, 9.17) is 4.74 Å². The van der Waals surface area contributed by atoms with Crippen molar-refractivity contribution >= 4 is 15.9 Å². The number of likely N-dealkylation sites (tertiary alicyclic amines) is 1. The Kier molecular flexibility index (Phi) is 4.46. The normalized spacial score (nSPS) is 24.6. The van der Waals surface area contributed by atoms with E-state index in [2.05, 4.69) is 28.9 Å². The molecule has 1 fully saturated rings. The number of hydrogen-bond donors (Lipinski definition) is 1. The molecule has 2 nitrogen and oxygen atoms in total. The Morgan fingerprint density at radius 1 is 1.47 bits per heavy atom. The second-order valence-corrected chi connectivity index (χ2v) is 6.00. The van der Waals surface area contributed by atoms with Crippen molar-refractivity contribution in [2.24, 2.45) is 5.92 Å². The van der Waals surface area contributed by atoms with Gasteiger partial charge in [-0.25, -0.2) is 0 Å². The highest BCUT2D eigenvalue weighted by Crippen LogP contribution is 2.22. The minimum absolute atomic E-state index is 0.858.